The molecule has 2 atom stereocenters. The second-order valence-electron chi connectivity index (χ2n) is 5.03. The second kappa shape index (κ2) is 5.80. The van der Waals surface area contributed by atoms with E-state index in [9.17, 15) is 4.79 Å². The van der Waals surface area contributed by atoms with Gasteiger partial charge in [-0.3, -0.25) is 4.79 Å². The van der Waals surface area contributed by atoms with E-state index in [0.29, 0.717) is 28.7 Å². The Hall–Kier alpha value is -1.26. The number of rotatable bonds is 2. The fourth-order valence-corrected chi connectivity index (χ4v) is 2.55. The van der Waals surface area contributed by atoms with Crippen LogP contribution in [0.25, 0.3) is 0 Å². The summed E-state index contributed by atoms with van der Waals surface area (Å²) >= 11 is 5.96. The summed E-state index contributed by atoms with van der Waals surface area (Å²) in [6.07, 6.45) is 1.05. The molecule has 1 aliphatic heterocycles. The van der Waals surface area contributed by atoms with Gasteiger partial charge in [0, 0.05) is 25.8 Å². The van der Waals surface area contributed by atoms with Crippen LogP contribution in [-0.2, 0) is 4.74 Å². The summed E-state index contributed by atoms with van der Waals surface area (Å²) in [6, 6.07) is 5.00. The van der Waals surface area contributed by atoms with Crippen LogP contribution in [0.1, 0.15) is 23.7 Å². The molecule has 2 N–H and O–H groups in total. The summed E-state index contributed by atoms with van der Waals surface area (Å²) in [5.74, 6) is 0.458. The summed E-state index contributed by atoms with van der Waals surface area (Å²) in [4.78, 5) is 14.2. The van der Waals surface area contributed by atoms with Gasteiger partial charge in [-0.15, -0.1) is 0 Å². The van der Waals surface area contributed by atoms with Gasteiger partial charge in [0.05, 0.1) is 16.8 Å². The van der Waals surface area contributed by atoms with Crippen LogP contribution in [-0.4, -0.2) is 37.1 Å². The first-order valence-electron chi connectivity index (χ1n) is 6.40. The average Bonchev–Trinajstić information content (AvgIpc) is 2.41. The summed E-state index contributed by atoms with van der Waals surface area (Å²) < 4.78 is 5.42. The Kier molecular flexibility index (Phi) is 4.32. The summed E-state index contributed by atoms with van der Waals surface area (Å²) in [7, 11) is 1.69. The van der Waals surface area contributed by atoms with Crippen LogP contribution in [0.3, 0.4) is 0 Å². The first-order chi connectivity index (χ1) is 9.02. The van der Waals surface area contributed by atoms with Crippen molar-refractivity contribution in [3.05, 3.63) is 28.8 Å². The number of halogens is 1. The number of piperidine rings is 1. The highest BCUT2D eigenvalue weighted by Crippen LogP contribution is 2.24. The maximum Gasteiger partial charge on any atom is 0.253 e. The van der Waals surface area contributed by atoms with Gasteiger partial charge in [0.15, 0.2) is 0 Å². The quantitative estimate of drug-likeness (QED) is 0.848. The van der Waals surface area contributed by atoms with Crippen molar-refractivity contribution in [2.24, 2.45) is 5.92 Å². The Balaban J connectivity index is 2.13. The normalized spacial score (nSPS) is 23.4. The molecule has 1 aromatic rings. The number of nitrogen functional groups attached to an aromatic ring is 1. The van der Waals surface area contributed by atoms with Crippen LogP contribution in [0.15, 0.2) is 18.2 Å². The van der Waals surface area contributed by atoms with Crippen LogP contribution >= 0.6 is 11.6 Å². The molecule has 1 fully saturated rings. The third kappa shape index (κ3) is 3.01. The first kappa shape index (κ1) is 14.2. The Morgan fingerprint density at radius 1 is 1.53 bits per heavy atom. The van der Waals surface area contributed by atoms with E-state index in [4.69, 9.17) is 22.1 Å². The molecular formula is C14H19ClN2O2. The van der Waals surface area contributed by atoms with E-state index >= 15 is 0 Å². The SMILES string of the molecule is COC1CN(C(=O)c2ccc(N)c(Cl)c2)CCC1C. The number of amides is 1. The van der Waals surface area contributed by atoms with E-state index in [2.05, 4.69) is 6.92 Å². The van der Waals surface area contributed by atoms with Crippen molar-refractivity contribution in [3.63, 3.8) is 0 Å². The van der Waals surface area contributed by atoms with E-state index < -0.39 is 0 Å². The van der Waals surface area contributed by atoms with Crippen molar-refractivity contribution in [1.82, 2.24) is 4.90 Å². The number of methoxy groups -OCH3 is 1. The molecule has 4 nitrogen and oxygen atoms in total. The third-order valence-electron chi connectivity index (χ3n) is 3.73. The predicted octanol–water partition coefficient (Wildman–Crippen LogP) is 2.42. The van der Waals surface area contributed by atoms with Crippen molar-refractivity contribution in [2.75, 3.05) is 25.9 Å². The molecular weight excluding hydrogens is 264 g/mol. The summed E-state index contributed by atoms with van der Waals surface area (Å²) in [5.41, 5.74) is 6.71. The fraction of sp³-hybridized carbons (Fsp3) is 0.500. The van der Waals surface area contributed by atoms with Gasteiger partial charge in [0.1, 0.15) is 0 Å². The number of hydrogen-bond acceptors (Lipinski definition) is 3. The fourth-order valence-electron chi connectivity index (χ4n) is 2.37. The average molecular weight is 283 g/mol. The molecule has 5 heteroatoms. The Labute approximate surface area is 118 Å². The molecule has 1 aromatic carbocycles. The monoisotopic (exact) mass is 282 g/mol. The zero-order valence-corrected chi connectivity index (χ0v) is 12.0. The molecule has 104 valence electrons. The lowest BCUT2D eigenvalue weighted by Crippen LogP contribution is -2.46. The molecule has 0 bridgehead atoms. The first-order valence-corrected chi connectivity index (χ1v) is 6.77. The second-order valence-corrected chi connectivity index (χ2v) is 5.43. The molecule has 2 unspecified atom stereocenters. The van der Waals surface area contributed by atoms with Gasteiger partial charge in [-0.05, 0) is 30.5 Å². The Morgan fingerprint density at radius 3 is 2.89 bits per heavy atom. The predicted molar refractivity (Wildman–Crippen MR) is 76.3 cm³/mol. The number of anilines is 1. The minimum Gasteiger partial charge on any atom is -0.398 e. The number of likely N-dealkylation sites (tertiary alicyclic amines) is 1. The highest BCUT2D eigenvalue weighted by atomic mass is 35.5. The number of hydrogen-bond donors (Lipinski definition) is 1. The molecule has 0 spiro atoms. The van der Waals surface area contributed by atoms with Crippen molar-refractivity contribution >= 4 is 23.2 Å². The zero-order chi connectivity index (χ0) is 14.0. The van der Waals surface area contributed by atoms with Gasteiger partial charge in [0.2, 0.25) is 0 Å². The lowest BCUT2D eigenvalue weighted by molar-refractivity contribution is -0.00156. The Morgan fingerprint density at radius 2 is 2.26 bits per heavy atom. The van der Waals surface area contributed by atoms with Crippen LogP contribution < -0.4 is 5.73 Å². The van der Waals surface area contributed by atoms with Crippen molar-refractivity contribution in [1.29, 1.82) is 0 Å². The van der Waals surface area contributed by atoms with Crippen LogP contribution in [0.2, 0.25) is 5.02 Å². The smallest absolute Gasteiger partial charge is 0.253 e. The number of benzene rings is 1. The summed E-state index contributed by atoms with van der Waals surface area (Å²) in [6.45, 7) is 3.52. The minimum atomic E-state index is -0.0177. The van der Waals surface area contributed by atoms with Crippen molar-refractivity contribution in [2.45, 2.75) is 19.4 Å². The maximum absolute atomic E-state index is 12.4. The number of ether oxygens (including phenoxy) is 1. The molecule has 19 heavy (non-hydrogen) atoms. The number of carbonyl (C=O) groups excluding carboxylic acids is 1. The third-order valence-corrected chi connectivity index (χ3v) is 4.05. The minimum absolute atomic E-state index is 0.0177. The topological polar surface area (TPSA) is 55.6 Å². The van der Waals surface area contributed by atoms with E-state index in [0.717, 1.165) is 13.0 Å². The molecule has 0 aliphatic carbocycles. The standard InChI is InChI=1S/C14H19ClN2O2/c1-9-5-6-17(8-13(9)19-2)14(18)10-3-4-12(16)11(15)7-10/h3-4,7,9,13H,5-6,8,16H2,1-2H3. The molecule has 0 radical (unpaired) electrons. The van der Waals surface area contributed by atoms with Crippen LogP contribution in [0.4, 0.5) is 5.69 Å². The highest BCUT2D eigenvalue weighted by Gasteiger charge is 2.29. The van der Waals surface area contributed by atoms with Gasteiger partial charge < -0.3 is 15.4 Å². The van der Waals surface area contributed by atoms with E-state index in [1.807, 2.05) is 4.90 Å². The van der Waals surface area contributed by atoms with E-state index in [-0.39, 0.29) is 12.0 Å². The van der Waals surface area contributed by atoms with Crippen molar-refractivity contribution < 1.29 is 9.53 Å². The largest absolute Gasteiger partial charge is 0.398 e. The van der Waals surface area contributed by atoms with E-state index in [1.54, 1.807) is 25.3 Å². The Bertz CT molecular complexity index is 479. The number of carbonyl (C=O) groups is 1. The summed E-state index contributed by atoms with van der Waals surface area (Å²) in [5, 5.41) is 0.416. The maximum atomic E-state index is 12.4. The molecule has 2 rings (SSSR count). The van der Waals surface area contributed by atoms with Gasteiger partial charge in [-0.25, -0.2) is 0 Å². The number of nitrogens with two attached hydrogens (primary N) is 1. The molecule has 1 saturated heterocycles. The number of nitrogens with zero attached hydrogens (tertiary/aromatic N) is 1. The molecule has 1 amide bonds. The van der Waals surface area contributed by atoms with E-state index in [1.165, 1.54) is 0 Å². The van der Waals surface area contributed by atoms with Gasteiger partial charge >= 0.3 is 0 Å². The lowest BCUT2D eigenvalue weighted by atomic mass is 9.95. The zero-order valence-electron chi connectivity index (χ0n) is 11.2. The molecule has 0 aromatic heterocycles. The molecule has 1 heterocycles. The van der Waals surface area contributed by atoms with Gasteiger partial charge in [0.25, 0.3) is 5.91 Å². The lowest BCUT2D eigenvalue weighted by Gasteiger charge is -2.36. The van der Waals surface area contributed by atoms with Crippen LogP contribution in [0.5, 0.6) is 0 Å². The molecule has 0 saturated carbocycles. The van der Waals surface area contributed by atoms with Gasteiger partial charge in [-0.1, -0.05) is 18.5 Å². The van der Waals surface area contributed by atoms with Crippen molar-refractivity contribution in [3.8, 4) is 0 Å². The van der Waals surface area contributed by atoms with Gasteiger partial charge in [-0.2, -0.15) is 0 Å². The van der Waals surface area contributed by atoms with Crippen LogP contribution in [0, 0.1) is 5.92 Å². The highest BCUT2D eigenvalue weighted by molar-refractivity contribution is 6.33. The molecule has 1 aliphatic rings.